The van der Waals surface area contributed by atoms with Gasteiger partial charge in [-0.3, -0.25) is 4.79 Å². The van der Waals surface area contributed by atoms with Crippen molar-refractivity contribution < 1.29 is 28.9 Å². The van der Waals surface area contributed by atoms with Crippen LogP contribution in [-0.2, 0) is 22.5 Å². The fraction of sp³-hybridized carbons (Fsp3) is 0.409. The number of aliphatic hydroxyl groups is 1. The van der Waals surface area contributed by atoms with Gasteiger partial charge in [-0.05, 0) is 42.9 Å². The van der Waals surface area contributed by atoms with Crippen molar-refractivity contribution in [3.8, 4) is 17.2 Å². The van der Waals surface area contributed by atoms with Crippen molar-refractivity contribution in [2.24, 2.45) is 11.8 Å². The van der Waals surface area contributed by atoms with E-state index >= 15 is 0 Å². The van der Waals surface area contributed by atoms with Crippen LogP contribution >= 0.6 is 0 Å². The van der Waals surface area contributed by atoms with Crippen molar-refractivity contribution in [3.05, 3.63) is 53.6 Å². The van der Waals surface area contributed by atoms with Crippen LogP contribution in [0.15, 0.2) is 42.5 Å². The predicted octanol–water partition coefficient (Wildman–Crippen LogP) is 2.67. The van der Waals surface area contributed by atoms with E-state index < -0.39 is 18.0 Å². The van der Waals surface area contributed by atoms with E-state index in [1.54, 1.807) is 12.1 Å². The Morgan fingerprint density at radius 2 is 1.69 bits per heavy atom. The lowest BCUT2D eigenvalue weighted by molar-refractivity contribution is -0.150. The van der Waals surface area contributed by atoms with Gasteiger partial charge < -0.3 is 24.2 Å². The van der Waals surface area contributed by atoms with Crippen LogP contribution in [0.2, 0.25) is 0 Å². The minimum atomic E-state index is -0.676. The average Bonchev–Trinajstić information content (AvgIpc) is 2.76. The lowest BCUT2D eigenvalue weighted by atomic mass is 9.91. The third-order valence-corrected chi connectivity index (χ3v) is 4.87. The Hall–Kier alpha value is -2.77. The minimum Gasteiger partial charge on any atom is -0.493 e. The zero-order valence-electron chi connectivity index (χ0n) is 17.1. The summed E-state index contributed by atoms with van der Waals surface area (Å²) in [6, 6.07) is 13.4. The Kier molecular flexibility index (Phi) is 8.76. The zero-order valence-corrected chi connectivity index (χ0v) is 17.1. The number of methoxy groups -OCH3 is 3. The van der Waals surface area contributed by atoms with Gasteiger partial charge in [-0.25, -0.2) is 0 Å². The smallest absolute Gasteiger partial charge is 0.327 e. The summed E-state index contributed by atoms with van der Waals surface area (Å²) in [5, 5.41) is 10.5. The molecule has 158 valence electrons. The van der Waals surface area contributed by atoms with Gasteiger partial charge in [0, 0.05) is 0 Å². The highest BCUT2D eigenvalue weighted by Crippen LogP contribution is 2.41. The molecule has 0 aliphatic carbocycles. The molecule has 0 bridgehead atoms. The summed E-state index contributed by atoms with van der Waals surface area (Å²) in [6.07, 6.45) is 1.07. The van der Waals surface area contributed by atoms with Crippen molar-refractivity contribution >= 4 is 5.97 Å². The summed E-state index contributed by atoms with van der Waals surface area (Å²) in [5.74, 6) is 5.36. The van der Waals surface area contributed by atoms with Crippen LogP contribution in [0.5, 0.6) is 17.2 Å². The Labute approximate surface area is 171 Å². The third kappa shape index (κ3) is 6.10. The van der Waals surface area contributed by atoms with Crippen molar-refractivity contribution in [3.63, 3.8) is 0 Å². The maximum Gasteiger partial charge on any atom is 0.327 e. The van der Waals surface area contributed by atoms with E-state index in [0.29, 0.717) is 30.1 Å². The van der Waals surface area contributed by atoms with E-state index in [9.17, 15) is 9.90 Å². The first-order chi connectivity index (χ1) is 14.0. The quantitative estimate of drug-likeness (QED) is 0.556. The molecule has 2 aromatic carbocycles. The normalized spacial score (nSPS) is 12.7. The molecule has 7 heteroatoms. The molecule has 2 rings (SSSR count). The second-order valence-electron chi connectivity index (χ2n) is 6.75. The van der Waals surface area contributed by atoms with Gasteiger partial charge in [0.05, 0.1) is 33.4 Å². The number of aryl methyl sites for hydroxylation is 1. The maximum atomic E-state index is 12.2. The van der Waals surface area contributed by atoms with E-state index in [1.165, 1.54) is 21.3 Å². The van der Waals surface area contributed by atoms with Crippen LogP contribution in [-0.4, -0.2) is 38.5 Å². The highest BCUT2D eigenvalue weighted by Gasteiger charge is 2.27. The first-order valence-electron chi connectivity index (χ1n) is 9.44. The summed E-state index contributed by atoms with van der Waals surface area (Å²) < 4.78 is 16.2. The summed E-state index contributed by atoms with van der Waals surface area (Å²) in [5.41, 5.74) is 1.86. The number of carbonyl (C=O) groups excluding carboxylic acids is 1. The molecular weight excluding hydrogens is 374 g/mol. The molecule has 0 aliphatic rings. The monoisotopic (exact) mass is 403 g/mol. The third-order valence-electron chi connectivity index (χ3n) is 4.87. The van der Waals surface area contributed by atoms with Gasteiger partial charge in [-0.1, -0.05) is 36.4 Å². The molecular formula is C22H29NO6. The number of ether oxygens (including phenoxy) is 3. The molecule has 0 radical (unpaired) electrons. The molecule has 7 nitrogen and oxygen atoms in total. The molecule has 0 saturated heterocycles. The summed E-state index contributed by atoms with van der Waals surface area (Å²) in [6.45, 7) is 0. The standard InChI is InChI=1S/C22H29NO6/c1-26-19-12-10-16(20(27-2)21(19)28-3)13-17(22(25)29-23)14-18(24)11-9-15-7-5-4-6-8-15/h4-8,10,12,17-18,24H,9,11,13-14,23H2,1-3H3. The van der Waals surface area contributed by atoms with Crippen LogP contribution in [0.1, 0.15) is 24.0 Å². The van der Waals surface area contributed by atoms with Gasteiger partial charge in [0.15, 0.2) is 11.5 Å². The fourth-order valence-electron chi connectivity index (χ4n) is 3.37. The van der Waals surface area contributed by atoms with Crippen LogP contribution in [0.4, 0.5) is 0 Å². The maximum absolute atomic E-state index is 12.2. The molecule has 0 fully saturated rings. The molecule has 0 spiro atoms. The number of aliphatic hydroxyl groups excluding tert-OH is 1. The zero-order chi connectivity index (χ0) is 21.2. The van der Waals surface area contributed by atoms with E-state index in [1.807, 2.05) is 30.3 Å². The van der Waals surface area contributed by atoms with Gasteiger partial charge in [0.25, 0.3) is 0 Å². The number of hydrogen-bond acceptors (Lipinski definition) is 7. The Morgan fingerprint density at radius 1 is 1.00 bits per heavy atom. The van der Waals surface area contributed by atoms with Gasteiger partial charge in [0.1, 0.15) is 0 Å². The van der Waals surface area contributed by atoms with Gasteiger partial charge in [0.2, 0.25) is 5.75 Å². The topological polar surface area (TPSA) is 100 Å². The molecule has 0 aliphatic heterocycles. The number of carbonyl (C=O) groups is 1. The Morgan fingerprint density at radius 3 is 2.28 bits per heavy atom. The number of hydrogen-bond donors (Lipinski definition) is 2. The van der Waals surface area contributed by atoms with Crippen molar-refractivity contribution in [2.45, 2.75) is 31.8 Å². The number of benzene rings is 2. The minimum absolute atomic E-state index is 0.223. The van der Waals surface area contributed by atoms with Crippen molar-refractivity contribution in [1.82, 2.24) is 0 Å². The van der Waals surface area contributed by atoms with E-state index in [4.69, 9.17) is 20.1 Å². The van der Waals surface area contributed by atoms with Crippen LogP contribution < -0.4 is 20.1 Å². The molecule has 2 atom stereocenters. The summed E-state index contributed by atoms with van der Waals surface area (Å²) in [7, 11) is 4.57. The Bertz CT molecular complexity index is 780. The lowest BCUT2D eigenvalue weighted by Gasteiger charge is -2.21. The lowest BCUT2D eigenvalue weighted by Crippen LogP contribution is -2.27. The molecule has 2 aromatic rings. The van der Waals surface area contributed by atoms with Crippen molar-refractivity contribution in [1.29, 1.82) is 0 Å². The molecule has 0 aromatic heterocycles. The van der Waals surface area contributed by atoms with Gasteiger partial charge in [-0.2, -0.15) is 5.90 Å². The van der Waals surface area contributed by atoms with Crippen LogP contribution in [0, 0.1) is 5.92 Å². The molecule has 0 heterocycles. The number of nitrogens with two attached hydrogens (primary N) is 1. The summed E-state index contributed by atoms with van der Waals surface area (Å²) in [4.78, 5) is 16.7. The highest BCUT2D eigenvalue weighted by atomic mass is 16.7. The SMILES string of the molecule is COc1ccc(CC(CC(O)CCc2ccccc2)C(=O)ON)c(OC)c1OC. The van der Waals surface area contributed by atoms with Crippen molar-refractivity contribution in [2.75, 3.05) is 21.3 Å². The molecule has 29 heavy (non-hydrogen) atoms. The first kappa shape index (κ1) is 22.5. The summed E-state index contributed by atoms with van der Waals surface area (Å²) >= 11 is 0. The van der Waals surface area contributed by atoms with Crippen LogP contribution in [0.3, 0.4) is 0 Å². The second kappa shape index (κ2) is 11.3. The Balaban J connectivity index is 2.13. The highest BCUT2D eigenvalue weighted by molar-refractivity contribution is 5.73. The average molecular weight is 403 g/mol. The van der Waals surface area contributed by atoms with E-state index in [0.717, 1.165) is 11.1 Å². The largest absolute Gasteiger partial charge is 0.493 e. The first-order valence-corrected chi connectivity index (χ1v) is 9.44. The second-order valence-corrected chi connectivity index (χ2v) is 6.75. The fourth-order valence-corrected chi connectivity index (χ4v) is 3.37. The van der Waals surface area contributed by atoms with E-state index in [-0.39, 0.29) is 12.8 Å². The molecule has 3 N–H and O–H groups in total. The predicted molar refractivity (Wildman–Crippen MR) is 109 cm³/mol. The molecule has 0 saturated carbocycles. The van der Waals surface area contributed by atoms with Gasteiger partial charge in [-0.15, -0.1) is 0 Å². The van der Waals surface area contributed by atoms with E-state index in [2.05, 4.69) is 4.84 Å². The van der Waals surface area contributed by atoms with Crippen LogP contribution in [0.25, 0.3) is 0 Å². The molecule has 0 amide bonds. The van der Waals surface area contributed by atoms with Gasteiger partial charge >= 0.3 is 5.97 Å². The molecule has 2 unspecified atom stereocenters. The number of rotatable bonds is 11.